The molecular weight excluding hydrogens is 264 g/mol. The van der Waals surface area contributed by atoms with Gasteiger partial charge < -0.3 is 9.94 Å². The van der Waals surface area contributed by atoms with Crippen molar-refractivity contribution in [2.24, 2.45) is 5.16 Å². The molecule has 2 aromatic carbocycles. The van der Waals surface area contributed by atoms with Crippen molar-refractivity contribution in [3.8, 4) is 11.8 Å². The molecule has 4 nitrogen and oxygen atoms in total. The SMILES string of the molecule is CC(=NO)c1ccc2ccccc2c1OCCCCC#N. The Bertz CT molecular complexity index is 687. The van der Waals surface area contributed by atoms with Crippen LogP contribution in [0.5, 0.6) is 5.75 Å². The van der Waals surface area contributed by atoms with Crippen LogP contribution in [0.1, 0.15) is 31.7 Å². The fourth-order valence-corrected chi connectivity index (χ4v) is 2.22. The maximum absolute atomic E-state index is 9.02. The number of hydrogen-bond acceptors (Lipinski definition) is 4. The number of nitrogens with zero attached hydrogens (tertiary/aromatic N) is 2. The lowest BCUT2D eigenvalue weighted by Crippen LogP contribution is -2.04. The van der Waals surface area contributed by atoms with Gasteiger partial charge in [0.2, 0.25) is 0 Å². The summed E-state index contributed by atoms with van der Waals surface area (Å²) in [6.45, 7) is 2.29. The van der Waals surface area contributed by atoms with Gasteiger partial charge >= 0.3 is 0 Å². The van der Waals surface area contributed by atoms with Crippen molar-refractivity contribution in [1.82, 2.24) is 0 Å². The fourth-order valence-electron chi connectivity index (χ4n) is 2.22. The Morgan fingerprint density at radius 3 is 2.81 bits per heavy atom. The average molecular weight is 282 g/mol. The molecular formula is C17H18N2O2. The van der Waals surface area contributed by atoms with E-state index in [-0.39, 0.29) is 0 Å². The highest BCUT2D eigenvalue weighted by atomic mass is 16.5. The van der Waals surface area contributed by atoms with Gasteiger partial charge in [-0.25, -0.2) is 0 Å². The monoisotopic (exact) mass is 282 g/mol. The second-order valence-electron chi connectivity index (χ2n) is 4.81. The van der Waals surface area contributed by atoms with Crippen LogP contribution in [0.2, 0.25) is 0 Å². The van der Waals surface area contributed by atoms with E-state index in [2.05, 4.69) is 11.2 Å². The molecule has 0 aromatic heterocycles. The maximum atomic E-state index is 9.02. The van der Waals surface area contributed by atoms with Gasteiger partial charge in [0.25, 0.3) is 0 Å². The van der Waals surface area contributed by atoms with E-state index in [1.165, 1.54) is 0 Å². The highest BCUT2D eigenvalue weighted by Gasteiger charge is 2.11. The third-order valence-corrected chi connectivity index (χ3v) is 3.35. The topological polar surface area (TPSA) is 65.6 Å². The highest BCUT2D eigenvalue weighted by molar-refractivity contribution is 6.06. The molecule has 0 fully saturated rings. The number of benzene rings is 2. The van der Waals surface area contributed by atoms with Crippen LogP contribution in [0.15, 0.2) is 41.6 Å². The Morgan fingerprint density at radius 1 is 1.24 bits per heavy atom. The zero-order valence-corrected chi connectivity index (χ0v) is 12.0. The Labute approximate surface area is 124 Å². The Balaban J connectivity index is 2.30. The summed E-state index contributed by atoms with van der Waals surface area (Å²) in [4.78, 5) is 0. The van der Waals surface area contributed by atoms with Gasteiger partial charge in [-0.3, -0.25) is 0 Å². The van der Waals surface area contributed by atoms with Gasteiger partial charge in [0.05, 0.1) is 18.4 Å². The molecule has 4 heteroatoms. The van der Waals surface area contributed by atoms with Crippen molar-refractivity contribution in [1.29, 1.82) is 5.26 Å². The fraction of sp³-hybridized carbons (Fsp3) is 0.294. The van der Waals surface area contributed by atoms with Crippen molar-refractivity contribution in [3.05, 3.63) is 42.0 Å². The van der Waals surface area contributed by atoms with E-state index in [9.17, 15) is 0 Å². The molecule has 2 aromatic rings. The Morgan fingerprint density at radius 2 is 2.05 bits per heavy atom. The number of oxime groups is 1. The first-order valence-corrected chi connectivity index (χ1v) is 6.98. The third kappa shape index (κ3) is 3.51. The van der Waals surface area contributed by atoms with Gasteiger partial charge in [0.1, 0.15) is 5.75 Å². The molecule has 1 N–H and O–H groups in total. The first-order chi connectivity index (χ1) is 10.3. The minimum atomic E-state index is 0.521. The van der Waals surface area contributed by atoms with Crippen LogP contribution in [0.4, 0.5) is 0 Å². The van der Waals surface area contributed by atoms with Crippen LogP contribution >= 0.6 is 0 Å². The molecule has 0 spiro atoms. The summed E-state index contributed by atoms with van der Waals surface area (Å²) in [5.74, 6) is 0.736. The molecule has 21 heavy (non-hydrogen) atoms. The molecule has 0 aliphatic carbocycles. The van der Waals surface area contributed by atoms with E-state index >= 15 is 0 Å². The minimum absolute atomic E-state index is 0.521. The molecule has 0 amide bonds. The normalized spacial score (nSPS) is 11.3. The van der Waals surface area contributed by atoms with Crippen LogP contribution in [-0.2, 0) is 0 Å². The minimum Gasteiger partial charge on any atom is -0.492 e. The highest BCUT2D eigenvalue weighted by Crippen LogP contribution is 2.30. The van der Waals surface area contributed by atoms with Crippen molar-refractivity contribution in [2.45, 2.75) is 26.2 Å². The largest absolute Gasteiger partial charge is 0.492 e. The standard InChI is InChI=1S/C17H18N2O2/c1-13(19-20)15-10-9-14-7-3-4-8-16(14)17(15)21-12-6-2-5-11-18/h3-4,7-10,20H,2,5-6,12H2,1H3. The second kappa shape index (κ2) is 7.30. The molecule has 0 unspecified atom stereocenters. The Hall–Kier alpha value is -2.54. The predicted molar refractivity (Wildman–Crippen MR) is 82.9 cm³/mol. The van der Waals surface area contributed by atoms with Gasteiger partial charge in [0.15, 0.2) is 0 Å². The number of fused-ring (bicyclic) bond motifs is 1. The van der Waals surface area contributed by atoms with Crippen molar-refractivity contribution < 1.29 is 9.94 Å². The zero-order chi connectivity index (χ0) is 15.1. The molecule has 0 bridgehead atoms. The Kier molecular flexibility index (Phi) is 5.16. The lowest BCUT2D eigenvalue weighted by Gasteiger charge is -2.13. The average Bonchev–Trinajstić information content (AvgIpc) is 2.53. The second-order valence-corrected chi connectivity index (χ2v) is 4.81. The van der Waals surface area contributed by atoms with E-state index in [0.29, 0.717) is 18.7 Å². The maximum Gasteiger partial charge on any atom is 0.136 e. The van der Waals surface area contributed by atoms with Crippen LogP contribution in [0.25, 0.3) is 10.8 Å². The van der Waals surface area contributed by atoms with E-state index in [1.807, 2.05) is 36.4 Å². The number of unbranched alkanes of at least 4 members (excludes halogenated alkanes) is 2. The quantitative estimate of drug-likeness (QED) is 0.375. The van der Waals surface area contributed by atoms with E-state index in [0.717, 1.165) is 34.9 Å². The number of ether oxygens (including phenoxy) is 1. The molecule has 2 rings (SSSR count). The number of hydrogen-bond donors (Lipinski definition) is 1. The summed E-state index contributed by atoms with van der Waals surface area (Å²) in [5.41, 5.74) is 1.31. The molecule has 108 valence electrons. The van der Waals surface area contributed by atoms with E-state index in [4.69, 9.17) is 15.2 Å². The number of rotatable bonds is 6. The molecule has 0 saturated carbocycles. The van der Waals surface area contributed by atoms with Gasteiger partial charge in [-0.15, -0.1) is 0 Å². The van der Waals surface area contributed by atoms with Crippen molar-refractivity contribution in [3.63, 3.8) is 0 Å². The van der Waals surface area contributed by atoms with E-state index in [1.54, 1.807) is 6.92 Å². The van der Waals surface area contributed by atoms with Crippen LogP contribution < -0.4 is 4.74 Å². The summed E-state index contributed by atoms with van der Waals surface area (Å²) in [6, 6.07) is 14.0. The number of nitriles is 1. The van der Waals surface area contributed by atoms with Crippen molar-refractivity contribution >= 4 is 16.5 Å². The van der Waals surface area contributed by atoms with E-state index < -0.39 is 0 Å². The van der Waals surface area contributed by atoms with Crippen molar-refractivity contribution in [2.75, 3.05) is 6.61 Å². The molecule has 0 radical (unpaired) electrons. The molecule has 0 heterocycles. The summed E-state index contributed by atoms with van der Waals surface area (Å²) in [5, 5.41) is 22.9. The first-order valence-electron chi connectivity index (χ1n) is 6.98. The molecule has 0 atom stereocenters. The lowest BCUT2D eigenvalue weighted by atomic mass is 10.0. The van der Waals surface area contributed by atoms with Crippen LogP contribution in [-0.4, -0.2) is 17.5 Å². The molecule has 0 aliphatic heterocycles. The predicted octanol–water partition coefficient (Wildman–Crippen LogP) is 4.11. The van der Waals surface area contributed by atoms with Gasteiger partial charge in [0, 0.05) is 17.4 Å². The van der Waals surface area contributed by atoms with Gasteiger partial charge in [-0.1, -0.05) is 35.5 Å². The smallest absolute Gasteiger partial charge is 0.136 e. The molecule has 0 aliphatic rings. The summed E-state index contributed by atoms with van der Waals surface area (Å²) in [6.07, 6.45) is 2.19. The van der Waals surface area contributed by atoms with Gasteiger partial charge in [-0.05, 0) is 31.2 Å². The van der Waals surface area contributed by atoms with Crippen LogP contribution in [0, 0.1) is 11.3 Å². The van der Waals surface area contributed by atoms with Gasteiger partial charge in [-0.2, -0.15) is 5.26 Å². The summed E-state index contributed by atoms with van der Waals surface area (Å²) in [7, 11) is 0. The van der Waals surface area contributed by atoms with Crippen LogP contribution in [0.3, 0.4) is 0 Å². The lowest BCUT2D eigenvalue weighted by molar-refractivity contribution is 0.307. The zero-order valence-electron chi connectivity index (χ0n) is 12.0. The molecule has 0 saturated heterocycles. The summed E-state index contributed by atoms with van der Waals surface area (Å²) >= 11 is 0. The first kappa shape index (κ1) is 14.9. The summed E-state index contributed by atoms with van der Waals surface area (Å²) < 4.78 is 5.92. The third-order valence-electron chi connectivity index (χ3n) is 3.35.